The van der Waals surface area contributed by atoms with E-state index in [1.165, 1.54) is 0 Å². The van der Waals surface area contributed by atoms with E-state index in [0.29, 0.717) is 19.4 Å². The van der Waals surface area contributed by atoms with E-state index in [2.05, 4.69) is 23.3 Å². The predicted octanol–water partition coefficient (Wildman–Crippen LogP) is -1.24. The van der Waals surface area contributed by atoms with Gasteiger partial charge in [-0.05, 0) is 26.3 Å². The first-order chi connectivity index (χ1) is 11.8. The lowest BCUT2D eigenvalue weighted by atomic mass is 9.98. The molecular weight excluding hydrogens is 348 g/mol. The average molecular weight is 381 g/mol. The summed E-state index contributed by atoms with van der Waals surface area (Å²) in [6.45, 7) is 3.77. The molecule has 0 spiro atoms. The van der Waals surface area contributed by atoms with Crippen molar-refractivity contribution in [2.75, 3.05) is 13.2 Å². The van der Waals surface area contributed by atoms with E-state index in [1.807, 2.05) is 13.8 Å². The Labute approximate surface area is 154 Å². The number of nitrogens with one attached hydrogen (secondary N) is 2. The lowest BCUT2D eigenvalue weighted by Gasteiger charge is -2.40. The van der Waals surface area contributed by atoms with Gasteiger partial charge in [-0.1, -0.05) is 13.3 Å². The number of thiol groups is 1. The zero-order valence-corrected chi connectivity index (χ0v) is 15.7. The van der Waals surface area contributed by atoms with Crippen LogP contribution in [0.25, 0.3) is 0 Å². The smallest absolute Gasteiger partial charge is 0.149 e. The third-order valence-corrected chi connectivity index (χ3v) is 4.49. The van der Waals surface area contributed by atoms with Crippen LogP contribution in [0.15, 0.2) is 0 Å². The van der Waals surface area contributed by atoms with Gasteiger partial charge in [0.1, 0.15) is 36.4 Å². The second-order valence-corrected chi connectivity index (χ2v) is 7.19. The van der Waals surface area contributed by atoms with Gasteiger partial charge in [-0.3, -0.25) is 15.4 Å². The molecular formula is C16H32N2O6S. The molecule has 0 amide bonds. The summed E-state index contributed by atoms with van der Waals surface area (Å²) in [5.41, 5.74) is 0. The lowest BCUT2D eigenvalue weighted by Crippen LogP contribution is -2.62. The van der Waals surface area contributed by atoms with E-state index in [4.69, 9.17) is 9.84 Å². The number of carbonyl (C=O) groups is 1. The van der Waals surface area contributed by atoms with Crippen LogP contribution in [0.4, 0.5) is 0 Å². The summed E-state index contributed by atoms with van der Waals surface area (Å²) in [7, 11) is 0. The molecule has 1 heterocycles. The Bertz CT molecular complexity index is 399. The quantitative estimate of drug-likeness (QED) is 0.135. The Morgan fingerprint density at radius 3 is 2.44 bits per heavy atom. The Hall–Kier alpha value is -0.260. The maximum atomic E-state index is 11.9. The molecule has 0 bridgehead atoms. The lowest BCUT2D eigenvalue weighted by molar-refractivity contribution is -0.236. The summed E-state index contributed by atoms with van der Waals surface area (Å²) in [4.78, 5) is 11.9. The highest BCUT2D eigenvalue weighted by molar-refractivity contribution is 7.80. The number of aliphatic hydroxyl groups excluding tert-OH is 4. The van der Waals surface area contributed by atoms with Gasteiger partial charge in [-0.25, -0.2) is 0 Å². The van der Waals surface area contributed by atoms with E-state index in [-0.39, 0.29) is 17.2 Å². The van der Waals surface area contributed by atoms with E-state index in [0.717, 1.165) is 12.8 Å². The summed E-state index contributed by atoms with van der Waals surface area (Å²) in [6, 6.07) is -0.218. The highest BCUT2D eigenvalue weighted by Crippen LogP contribution is 2.19. The van der Waals surface area contributed by atoms with Gasteiger partial charge in [-0.2, -0.15) is 12.6 Å². The monoisotopic (exact) mass is 380 g/mol. The molecule has 9 heteroatoms. The van der Waals surface area contributed by atoms with Crippen molar-refractivity contribution in [3.8, 4) is 0 Å². The normalized spacial score (nSPS) is 32.4. The van der Waals surface area contributed by atoms with Crippen LogP contribution in [0.3, 0.4) is 0 Å². The Morgan fingerprint density at radius 2 is 1.88 bits per heavy atom. The average Bonchev–Trinajstić information content (AvgIpc) is 2.59. The molecule has 148 valence electrons. The van der Waals surface area contributed by atoms with Crippen molar-refractivity contribution in [3.05, 3.63) is 0 Å². The predicted molar refractivity (Wildman–Crippen MR) is 96.3 cm³/mol. The molecule has 6 N–H and O–H groups in total. The summed E-state index contributed by atoms with van der Waals surface area (Å²) < 4.78 is 5.37. The summed E-state index contributed by atoms with van der Waals surface area (Å²) in [5, 5.41) is 44.6. The first-order valence-electron chi connectivity index (χ1n) is 8.82. The van der Waals surface area contributed by atoms with Crippen LogP contribution in [-0.2, 0) is 9.53 Å². The Balaban J connectivity index is 2.35. The third kappa shape index (κ3) is 7.10. The number of hydrogen-bond acceptors (Lipinski definition) is 9. The maximum Gasteiger partial charge on any atom is 0.149 e. The van der Waals surface area contributed by atoms with E-state index >= 15 is 0 Å². The second kappa shape index (κ2) is 11.5. The molecule has 0 saturated carbocycles. The molecule has 7 unspecified atom stereocenters. The number of rotatable bonds is 11. The molecule has 0 aromatic carbocycles. The highest BCUT2D eigenvalue weighted by atomic mass is 32.1. The Morgan fingerprint density at radius 1 is 1.20 bits per heavy atom. The number of Topliss-reactive ketones (excluding diaryl/α,β-unsaturated/α-hetero) is 1. The number of ketones is 1. The van der Waals surface area contributed by atoms with Gasteiger partial charge >= 0.3 is 0 Å². The number of ether oxygens (including phenoxy) is 1. The first kappa shape index (κ1) is 22.8. The topological polar surface area (TPSA) is 131 Å². The molecule has 25 heavy (non-hydrogen) atoms. The number of carbonyl (C=O) groups excluding carboxylic acids is 1. The minimum absolute atomic E-state index is 0.0623. The molecule has 0 radical (unpaired) electrons. The van der Waals surface area contributed by atoms with Crippen molar-refractivity contribution in [2.24, 2.45) is 0 Å². The van der Waals surface area contributed by atoms with Crippen molar-refractivity contribution in [1.29, 1.82) is 0 Å². The number of aliphatic hydroxyl groups is 4. The molecule has 1 rings (SSSR count). The molecule has 1 aliphatic heterocycles. The van der Waals surface area contributed by atoms with Crippen LogP contribution in [0, 0.1) is 0 Å². The molecule has 0 aliphatic carbocycles. The van der Waals surface area contributed by atoms with Crippen LogP contribution >= 0.6 is 12.6 Å². The van der Waals surface area contributed by atoms with Gasteiger partial charge in [-0.15, -0.1) is 0 Å². The second-order valence-electron chi connectivity index (χ2n) is 6.41. The molecule has 1 saturated heterocycles. The molecule has 7 atom stereocenters. The fourth-order valence-electron chi connectivity index (χ4n) is 2.86. The van der Waals surface area contributed by atoms with Crippen LogP contribution in [-0.4, -0.2) is 81.4 Å². The zero-order chi connectivity index (χ0) is 19.0. The van der Waals surface area contributed by atoms with Gasteiger partial charge in [0.25, 0.3) is 0 Å². The van der Waals surface area contributed by atoms with Crippen molar-refractivity contribution >= 4 is 18.4 Å². The maximum absolute atomic E-state index is 11.9. The Kier molecular flexibility index (Phi) is 10.4. The van der Waals surface area contributed by atoms with Crippen molar-refractivity contribution in [2.45, 2.75) is 81.6 Å². The molecule has 0 aromatic heterocycles. The van der Waals surface area contributed by atoms with Gasteiger partial charge < -0.3 is 25.2 Å². The molecule has 0 aromatic rings. The molecule has 1 aliphatic rings. The van der Waals surface area contributed by atoms with E-state index in [9.17, 15) is 20.1 Å². The SMILES string of the molecule is CCC(=O)C(CCCCNC1OC(CO)C(O)C(O)C1O)NC(C)S. The van der Waals surface area contributed by atoms with Crippen LogP contribution < -0.4 is 10.6 Å². The molecule has 1 fully saturated rings. The van der Waals surface area contributed by atoms with E-state index < -0.39 is 37.3 Å². The summed E-state index contributed by atoms with van der Waals surface area (Å²) in [5.74, 6) is 0.155. The van der Waals surface area contributed by atoms with Crippen molar-refractivity contribution in [1.82, 2.24) is 10.6 Å². The number of hydrogen-bond donors (Lipinski definition) is 7. The molecule has 8 nitrogen and oxygen atoms in total. The fraction of sp³-hybridized carbons (Fsp3) is 0.938. The summed E-state index contributed by atoms with van der Waals surface area (Å²) in [6.07, 6.45) is -3.10. The zero-order valence-electron chi connectivity index (χ0n) is 14.8. The van der Waals surface area contributed by atoms with Crippen LogP contribution in [0.2, 0.25) is 0 Å². The standard InChI is InChI=1S/C16H32N2O6S/c1-3-11(20)10(18-9(2)25)6-4-5-7-17-16-15(23)14(22)13(21)12(8-19)24-16/h9-10,12-19,21-23,25H,3-8H2,1-2H3. The largest absolute Gasteiger partial charge is 0.394 e. The van der Waals surface area contributed by atoms with Crippen molar-refractivity contribution in [3.63, 3.8) is 0 Å². The fourth-order valence-corrected chi connectivity index (χ4v) is 3.04. The first-order valence-corrected chi connectivity index (χ1v) is 9.34. The van der Waals surface area contributed by atoms with Gasteiger partial charge in [0, 0.05) is 11.8 Å². The highest BCUT2D eigenvalue weighted by Gasteiger charge is 2.43. The van der Waals surface area contributed by atoms with E-state index in [1.54, 1.807) is 0 Å². The third-order valence-electron chi connectivity index (χ3n) is 4.34. The van der Waals surface area contributed by atoms with Crippen LogP contribution in [0.1, 0.15) is 39.5 Å². The van der Waals surface area contributed by atoms with Gasteiger partial charge in [0.05, 0.1) is 12.6 Å². The minimum Gasteiger partial charge on any atom is -0.394 e. The summed E-state index contributed by atoms with van der Waals surface area (Å²) >= 11 is 4.26. The van der Waals surface area contributed by atoms with Crippen LogP contribution in [0.5, 0.6) is 0 Å². The minimum atomic E-state index is -1.38. The number of unbranched alkanes of at least 4 members (excludes halogenated alkanes) is 1. The van der Waals surface area contributed by atoms with Gasteiger partial charge in [0.2, 0.25) is 0 Å². The van der Waals surface area contributed by atoms with Gasteiger partial charge in [0.15, 0.2) is 0 Å². The van der Waals surface area contributed by atoms with Crippen molar-refractivity contribution < 1.29 is 30.0 Å².